The second-order valence-electron chi connectivity index (χ2n) is 4.16. The van der Waals surface area contributed by atoms with E-state index in [1.807, 2.05) is 0 Å². The normalized spacial score (nSPS) is 10.5. The van der Waals surface area contributed by atoms with E-state index in [1.54, 1.807) is 6.92 Å². The molecule has 0 fully saturated rings. The Morgan fingerprint density at radius 2 is 1.84 bits per heavy atom. The van der Waals surface area contributed by atoms with E-state index in [1.165, 1.54) is 41.8 Å². The maximum atomic E-state index is 12.9. The van der Waals surface area contributed by atoms with Crippen molar-refractivity contribution in [1.29, 1.82) is 0 Å². The SMILES string of the molecule is CC(=O)c1cc(Br)c(C)n(-c2ccc(F)cc2)c1=O. The van der Waals surface area contributed by atoms with E-state index in [2.05, 4.69) is 15.9 Å². The van der Waals surface area contributed by atoms with E-state index >= 15 is 0 Å². The predicted octanol–water partition coefficient (Wildman–Crippen LogP) is 3.25. The Morgan fingerprint density at radius 3 is 2.37 bits per heavy atom. The van der Waals surface area contributed by atoms with Crippen molar-refractivity contribution in [2.24, 2.45) is 0 Å². The van der Waals surface area contributed by atoms with Crippen LogP contribution in [0.4, 0.5) is 4.39 Å². The summed E-state index contributed by atoms with van der Waals surface area (Å²) in [6.45, 7) is 3.09. The second-order valence-corrected chi connectivity index (χ2v) is 5.02. The Bertz CT molecular complexity index is 705. The van der Waals surface area contributed by atoms with Crippen LogP contribution in [0.5, 0.6) is 0 Å². The minimum Gasteiger partial charge on any atom is -0.294 e. The average Bonchev–Trinajstić information content (AvgIpc) is 2.36. The zero-order valence-electron chi connectivity index (χ0n) is 10.4. The molecule has 1 aromatic carbocycles. The first kappa shape index (κ1) is 13.7. The molecule has 0 radical (unpaired) electrons. The summed E-state index contributed by atoms with van der Waals surface area (Å²) in [7, 11) is 0. The molecule has 1 heterocycles. The fraction of sp³-hybridized carbons (Fsp3) is 0.143. The van der Waals surface area contributed by atoms with Crippen molar-refractivity contribution in [1.82, 2.24) is 4.57 Å². The molecule has 0 spiro atoms. The highest BCUT2D eigenvalue weighted by atomic mass is 79.9. The number of halogens is 2. The van der Waals surface area contributed by atoms with Crippen molar-refractivity contribution in [3.8, 4) is 5.69 Å². The summed E-state index contributed by atoms with van der Waals surface area (Å²) >= 11 is 3.33. The van der Waals surface area contributed by atoms with Crippen molar-refractivity contribution in [2.75, 3.05) is 0 Å². The number of hydrogen-bond acceptors (Lipinski definition) is 2. The molecule has 19 heavy (non-hydrogen) atoms. The van der Waals surface area contributed by atoms with E-state index in [0.29, 0.717) is 15.9 Å². The van der Waals surface area contributed by atoms with Gasteiger partial charge in [0.2, 0.25) is 0 Å². The molecule has 2 aromatic rings. The van der Waals surface area contributed by atoms with E-state index in [-0.39, 0.29) is 17.2 Å². The Kier molecular flexibility index (Phi) is 3.66. The number of aromatic nitrogens is 1. The van der Waals surface area contributed by atoms with Crippen LogP contribution in [0.25, 0.3) is 5.69 Å². The topological polar surface area (TPSA) is 39.1 Å². The van der Waals surface area contributed by atoms with E-state index < -0.39 is 5.56 Å². The summed E-state index contributed by atoms with van der Waals surface area (Å²) in [4.78, 5) is 23.8. The van der Waals surface area contributed by atoms with Crippen LogP contribution in [0.1, 0.15) is 23.0 Å². The molecule has 1 aromatic heterocycles. The summed E-state index contributed by atoms with van der Waals surface area (Å²) in [6, 6.07) is 7.06. The molecule has 0 N–H and O–H groups in total. The number of benzene rings is 1. The highest BCUT2D eigenvalue weighted by Gasteiger charge is 2.14. The monoisotopic (exact) mass is 323 g/mol. The number of Topliss-reactive ketones (excluding diaryl/α,β-unsaturated/α-hetero) is 1. The van der Waals surface area contributed by atoms with E-state index in [9.17, 15) is 14.0 Å². The smallest absolute Gasteiger partial charge is 0.266 e. The van der Waals surface area contributed by atoms with Crippen LogP contribution in [0.15, 0.2) is 39.6 Å². The predicted molar refractivity (Wildman–Crippen MR) is 74.4 cm³/mol. The molecule has 0 aliphatic rings. The van der Waals surface area contributed by atoms with Crippen LogP contribution in [0, 0.1) is 12.7 Å². The van der Waals surface area contributed by atoms with Gasteiger partial charge >= 0.3 is 0 Å². The van der Waals surface area contributed by atoms with Gasteiger partial charge in [-0.3, -0.25) is 14.2 Å². The molecule has 0 unspecified atom stereocenters. The van der Waals surface area contributed by atoms with Crippen molar-refractivity contribution in [3.05, 3.63) is 62.2 Å². The molecule has 0 bridgehead atoms. The highest BCUT2D eigenvalue weighted by molar-refractivity contribution is 9.10. The van der Waals surface area contributed by atoms with Gasteiger partial charge in [-0.1, -0.05) is 0 Å². The lowest BCUT2D eigenvalue weighted by atomic mass is 10.1. The number of carbonyl (C=O) groups excluding carboxylic acids is 1. The number of pyridine rings is 1. The van der Waals surface area contributed by atoms with Gasteiger partial charge in [-0.2, -0.15) is 0 Å². The Balaban J connectivity index is 2.79. The number of ketones is 1. The zero-order valence-corrected chi connectivity index (χ0v) is 12.0. The number of nitrogens with zero attached hydrogens (tertiary/aromatic N) is 1. The number of rotatable bonds is 2. The number of hydrogen-bond donors (Lipinski definition) is 0. The van der Waals surface area contributed by atoms with Gasteiger partial charge in [-0.05, 0) is 60.1 Å². The third-order valence-corrected chi connectivity index (χ3v) is 3.65. The molecule has 98 valence electrons. The van der Waals surface area contributed by atoms with Crippen molar-refractivity contribution in [3.63, 3.8) is 0 Å². The van der Waals surface area contributed by atoms with Crippen molar-refractivity contribution >= 4 is 21.7 Å². The van der Waals surface area contributed by atoms with Crippen LogP contribution in [-0.4, -0.2) is 10.4 Å². The Labute approximate surface area is 117 Å². The molecule has 3 nitrogen and oxygen atoms in total. The maximum absolute atomic E-state index is 12.9. The minimum absolute atomic E-state index is 0.0989. The molecule has 0 aliphatic carbocycles. The fourth-order valence-electron chi connectivity index (χ4n) is 1.83. The molecule has 0 atom stereocenters. The van der Waals surface area contributed by atoms with Crippen LogP contribution in [-0.2, 0) is 0 Å². The van der Waals surface area contributed by atoms with Crippen LogP contribution in [0.2, 0.25) is 0 Å². The summed E-state index contributed by atoms with van der Waals surface area (Å²) < 4.78 is 15.0. The van der Waals surface area contributed by atoms with Crippen molar-refractivity contribution < 1.29 is 9.18 Å². The molecule has 0 saturated carbocycles. The highest BCUT2D eigenvalue weighted by Crippen LogP contribution is 2.19. The second kappa shape index (κ2) is 5.09. The third-order valence-electron chi connectivity index (χ3n) is 2.85. The molecule has 5 heteroatoms. The van der Waals surface area contributed by atoms with Crippen molar-refractivity contribution in [2.45, 2.75) is 13.8 Å². The summed E-state index contributed by atoms with van der Waals surface area (Å²) in [5.41, 5.74) is 0.871. The maximum Gasteiger partial charge on any atom is 0.266 e. The van der Waals surface area contributed by atoms with Gasteiger partial charge in [0.1, 0.15) is 5.82 Å². The average molecular weight is 324 g/mol. The first-order chi connectivity index (χ1) is 8.91. The van der Waals surface area contributed by atoms with Gasteiger partial charge in [-0.15, -0.1) is 0 Å². The van der Waals surface area contributed by atoms with Gasteiger partial charge < -0.3 is 0 Å². The lowest BCUT2D eigenvalue weighted by Crippen LogP contribution is -2.26. The third kappa shape index (κ3) is 2.51. The summed E-state index contributed by atoms with van der Waals surface area (Å²) in [5, 5.41) is 0. The molecule has 0 saturated heterocycles. The van der Waals surface area contributed by atoms with Gasteiger partial charge in [0.25, 0.3) is 5.56 Å². The van der Waals surface area contributed by atoms with Crippen LogP contribution < -0.4 is 5.56 Å². The quantitative estimate of drug-likeness (QED) is 0.796. The minimum atomic E-state index is -0.403. The van der Waals surface area contributed by atoms with E-state index in [0.717, 1.165) is 0 Å². The first-order valence-corrected chi connectivity index (χ1v) is 6.40. The van der Waals surface area contributed by atoms with Crippen LogP contribution >= 0.6 is 15.9 Å². The molecular weight excluding hydrogens is 313 g/mol. The lowest BCUT2D eigenvalue weighted by molar-refractivity contribution is 0.101. The van der Waals surface area contributed by atoms with Crippen LogP contribution in [0.3, 0.4) is 0 Å². The standard InChI is InChI=1S/C14H11BrFNO2/c1-8-13(15)7-12(9(2)18)14(19)17(8)11-5-3-10(16)4-6-11/h3-7H,1-2H3. The summed E-state index contributed by atoms with van der Waals surface area (Å²) in [6.07, 6.45) is 0. The van der Waals surface area contributed by atoms with Gasteiger partial charge in [0.05, 0.1) is 5.56 Å². The summed E-state index contributed by atoms with van der Waals surface area (Å²) in [5.74, 6) is -0.683. The number of carbonyl (C=O) groups is 1. The molecule has 2 rings (SSSR count). The zero-order chi connectivity index (χ0) is 14.2. The fourth-order valence-corrected chi connectivity index (χ4v) is 2.23. The molecule has 0 amide bonds. The van der Waals surface area contributed by atoms with Gasteiger partial charge in [0, 0.05) is 15.9 Å². The molecule has 0 aliphatic heterocycles. The van der Waals surface area contributed by atoms with E-state index in [4.69, 9.17) is 0 Å². The molecular formula is C14H11BrFNO2. The Hall–Kier alpha value is -1.75. The van der Waals surface area contributed by atoms with Gasteiger partial charge in [0.15, 0.2) is 5.78 Å². The van der Waals surface area contributed by atoms with Gasteiger partial charge in [-0.25, -0.2) is 4.39 Å². The first-order valence-electron chi connectivity index (χ1n) is 5.61. The Morgan fingerprint density at radius 1 is 1.26 bits per heavy atom. The largest absolute Gasteiger partial charge is 0.294 e. The lowest BCUT2D eigenvalue weighted by Gasteiger charge is -2.13.